The highest BCUT2D eigenvalue weighted by Crippen LogP contribution is 2.24. The van der Waals surface area contributed by atoms with E-state index in [1.807, 2.05) is 0 Å². The predicted molar refractivity (Wildman–Crippen MR) is 52.9 cm³/mol. The summed E-state index contributed by atoms with van der Waals surface area (Å²) in [6.07, 6.45) is -1.68. The smallest absolute Gasteiger partial charge is 0.273 e. The third kappa shape index (κ3) is 2.28. The Bertz CT molecular complexity index is 353. The maximum absolute atomic E-state index is 10.6. The van der Waals surface area contributed by atoms with Gasteiger partial charge in [0.1, 0.15) is 0 Å². The second-order valence-electron chi connectivity index (χ2n) is 2.65. The van der Waals surface area contributed by atoms with E-state index in [1.54, 1.807) is 0 Å². The van der Waals surface area contributed by atoms with Gasteiger partial charge in [-0.25, -0.2) is 0 Å². The summed E-state index contributed by atoms with van der Waals surface area (Å²) in [5.74, 6) is 0. The molecule has 0 bridgehead atoms. The molecule has 0 aliphatic carbocycles. The van der Waals surface area contributed by atoms with E-state index >= 15 is 0 Å². The number of rotatable bonds is 3. The molecule has 0 saturated carbocycles. The topological polar surface area (TPSA) is 83.6 Å². The minimum absolute atomic E-state index is 0.112. The summed E-state index contributed by atoms with van der Waals surface area (Å²) in [6.45, 7) is 0. The first-order valence-electron chi connectivity index (χ1n) is 3.75. The first kappa shape index (κ1) is 11.1. The van der Waals surface area contributed by atoms with Crippen LogP contribution in [0, 0.1) is 10.1 Å². The van der Waals surface area contributed by atoms with Crippen LogP contribution in [0.1, 0.15) is 17.4 Å². The van der Waals surface area contributed by atoms with E-state index in [9.17, 15) is 10.1 Å². The van der Waals surface area contributed by atoms with Crippen LogP contribution in [0.2, 0.25) is 0 Å². The van der Waals surface area contributed by atoms with E-state index in [4.69, 9.17) is 10.2 Å². The molecular formula is C8H8BrNO4. The van der Waals surface area contributed by atoms with Crippen LogP contribution < -0.4 is 0 Å². The number of halogens is 1. The molecule has 1 aromatic rings. The van der Waals surface area contributed by atoms with Crippen molar-refractivity contribution in [2.24, 2.45) is 0 Å². The highest BCUT2D eigenvalue weighted by molar-refractivity contribution is 9.08. The lowest BCUT2D eigenvalue weighted by Crippen LogP contribution is -1.99. The lowest BCUT2D eigenvalue weighted by Gasteiger charge is -2.05. The van der Waals surface area contributed by atoms with Crippen molar-refractivity contribution < 1.29 is 15.1 Å². The highest BCUT2D eigenvalue weighted by Gasteiger charge is 2.15. The fourth-order valence-electron chi connectivity index (χ4n) is 1.02. The zero-order valence-corrected chi connectivity index (χ0v) is 8.64. The molecule has 0 atom stereocenters. The third-order valence-electron chi connectivity index (χ3n) is 1.75. The van der Waals surface area contributed by atoms with Crippen LogP contribution in [0.25, 0.3) is 0 Å². The van der Waals surface area contributed by atoms with Gasteiger partial charge in [0.05, 0.1) is 4.92 Å². The quantitative estimate of drug-likeness (QED) is 0.374. The van der Waals surface area contributed by atoms with E-state index in [-0.39, 0.29) is 11.3 Å². The highest BCUT2D eigenvalue weighted by atomic mass is 79.9. The van der Waals surface area contributed by atoms with Crippen LogP contribution in [-0.4, -0.2) is 15.1 Å². The SMILES string of the molecule is O=[N+]([O-])c1cc(C(O)O)ccc1CBr. The molecule has 0 radical (unpaired) electrons. The Morgan fingerprint density at radius 2 is 2.14 bits per heavy atom. The zero-order chi connectivity index (χ0) is 10.7. The Morgan fingerprint density at radius 1 is 1.50 bits per heavy atom. The molecule has 6 heteroatoms. The third-order valence-corrected chi connectivity index (χ3v) is 2.35. The largest absolute Gasteiger partial charge is 0.364 e. The standard InChI is InChI=1S/C8H8BrNO4/c9-4-6-2-1-5(8(11)12)3-7(6)10(13)14/h1-3,8,11-12H,4H2. The van der Waals surface area contributed by atoms with Gasteiger partial charge in [-0.15, -0.1) is 0 Å². The van der Waals surface area contributed by atoms with Crippen LogP contribution in [0.15, 0.2) is 18.2 Å². The van der Waals surface area contributed by atoms with Crippen LogP contribution in [0.3, 0.4) is 0 Å². The minimum atomic E-state index is -1.68. The number of alkyl halides is 1. The maximum atomic E-state index is 10.6. The molecule has 0 spiro atoms. The molecule has 5 nitrogen and oxygen atoms in total. The Morgan fingerprint density at radius 3 is 2.57 bits per heavy atom. The Hall–Kier alpha value is -0.980. The van der Waals surface area contributed by atoms with Gasteiger partial charge < -0.3 is 10.2 Å². The zero-order valence-electron chi connectivity index (χ0n) is 7.05. The van der Waals surface area contributed by atoms with Crippen molar-refractivity contribution in [3.05, 3.63) is 39.4 Å². The van der Waals surface area contributed by atoms with Crippen molar-refractivity contribution in [2.45, 2.75) is 11.6 Å². The molecule has 1 aromatic carbocycles. The molecule has 0 aromatic heterocycles. The maximum Gasteiger partial charge on any atom is 0.273 e. The molecule has 0 unspecified atom stereocenters. The van der Waals surface area contributed by atoms with Crippen LogP contribution >= 0.6 is 15.9 Å². The van der Waals surface area contributed by atoms with Crippen molar-refractivity contribution in [1.29, 1.82) is 0 Å². The lowest BCUT2D eigenvalue weighted by atomic mass is 10.1. The number of hydrogen-bond donors (Lipinski definition) is 2. The summed E-state index contributed by atoms with van der Waals surface area (Å²) in [4.78, 5) is 10.0. The van der Waals surface area contributed by atoms with Crippen LogP contribution in [-0.2, 0) is 5.33 Å². The van der Waals surface area contributed by atoms with Crippen molar-refractivity contribution in [1.82, 2.24) is 0 Å². The number of benzene rings is 1. The van der Waals surface area contributed by atoms with Crippen LogP contribution in [0.5, 0.6) is 0 Å². The molecule has 0 aliphatic heterocycles. The summed E-state index contributed by atoms with van der Waals surface area (Å²) in [5.41, 5.74) is 0.494. The van der Waals surface area contributed by atoms with Gasteiger partial charge in [0.25, 0.3) is 5.69 Å². The molecule has 76 valence electrons. The molecule has 1 rings (SSSR count). The van der Waals surface area contributed by atoms with Gasteiger partial charge in [-0.1, -0.05) is 28.1 Å². The van der Waals surface area contributed by atoms with Gasteiger partial charge in [0.2, 0.25) is 0 Å². The number of aliphatic hydroxyl groups excluding tert-OH is 1. The monoisotopic (exact) mass is 261 g/mol. The van der Waals surface area contributed by atoms with E-state index in [0.717, 1.165) is 6.07 Å². The fourth-order valence-corrected chi connectivity index (χ4v) is 1.50. The first-order valence-corrected chi connectivity index (χ1v) is 4.87. The number of nitro groups is 1. The van der Waals surface area contributed by atoms with E-state index in [1.165, 1.54) is 12.1 Å². The van der Waals surface area contributed by atoms with Crippen LogP contribution in [0.4, 0.5) is 5.69 Å². The summed E-state index contributed by atoms with van der Waals surface area (Å²) in [7, 11) is 0. The molecule has 0 heterocycles. The molecule has 0 aliphatic rings. The Kier molecular flexibility index (Phi) is 3.56. The Labute approximate surface area is 88.3 Å². The fraction of sp³-hybridized carbons (Fsp3) is 0.250. The van der Waals surface area contributed by atoms with Crippen molar-refractivity contribution in [3.63, 3.8) is 0 Å². The summed E-state index contributed by atoms with van der Waals surface area (Å²) in [5, 5.41) is 28.6. The summed E-state index contributed by atoms with van der Waals surface area (Å²) in [6, 6.07) is 4.08. The molecule has 14 heavy (non-hydrogen) atoms. The van der Waals surface area contributed by atoms with Gasteiger partial charge in [0.15, 0.2) is 6.29 Å². The molecule has 0 fully saturated rings. The number of hydrogen-bond acceptors (Lipinski definition) is 4. The summed E-state index contributed by atoms with van der Waals surface area (Å²) < 4.78 is 0. The molecule has 2 N–H and O–H groups in total. The second kappa shape index (κ2) is 4.50. The average Bonchev–Trinajstić information content (AvgIpc) is 2.16. The van der Waals surface area contributed by atoms with Crippen molar-refractivity contribution in [3.8, 4) is 0 Å². The minimum Gasteiger partial charge on any atom is -0.364 e. The number of aliphatic hydroxyl groups is 2. The van der Waals surface area contributed by atoms with Gasteiger partial charge in [-0.2, -0.15) is 0 Å². The predicted octanol–water partition coefficient (Wildman–Crippen LogP) is 1.47. The van der Waals surface area contributed by atoms with Crippen molar-refractivity contribution in [2.75, 3.05) is 0 Å². The molecular weight excluding hydrogens is 254 g/mol. The van der Waals surface area contributed by atoms with E-state index < -0.39 is 11.2 Å². The van der Waals surface area contributed by atoms with Gasteiger partial charge in [-0.05, 0) is 0 Å². The van der Waals surface area contributed by atoms with Crippen molar-refractivity contribution >= 4 is 21.6 Å². The molecule has 0 saturated heterocycles. The van der Waals surface area contributed by atoms with Gasteiger partial charge >= 0.3 is 0 Å². The van der Waals surface area contributed by atoms with Gasteiger partial charge in [0, 0.05) is 22.5 Å². The lowest BCUT2D eigenvalue weighted by molar-refractivity contribution is -0.385. The normalized spacial score (nSPS) is 10.6. The number of nitro benzene ring substituents is 1. The van der Waals surface area contributed by atoms with E-state index in [2.05, 4.69) is 15.9 Å². The Balaban J connectivity index is 3.21. The number of nitrogens with zero attached hydrogens (tertiary/aromatic N) is 1. The molecule has 0 amide bonds. The van der Waals surface area contributed by atoms with E-state index in [0.29, 0.717) is 10.9 Å². The summed E-state index contributed by atoms with van der Waals surface area (Å²) >= 11 is 3.11. The first-order chi connectivity index (χ1) is 6.56. The average molecular weight is 262 g/mol. The van der Waals surface area contributed by atoms with Gasteiger partial charge in [-0.3, -0.25) is 10.1 Å². The second-order valence-corrected chi connectivity index (χ2v) is 3.21.